The molecule has 0 bridgehead atoms. The van der Waals surface area contributed by atoms with Gasteiger partial charge < -0.3 is 15.1 Å². The molecule has 3 rings (SSSR count). The fraction of sp³-hybridized carbons (Fsp3) is 0.562. The van der Waals surface area contributed by atoms with Crippen LogP contribution in [0.3, 0.4) is 0 Å². The molecule has 4 heteroatoms. The van der Waals surface area contributed by atoms with Gasteiger partial charge in [-0.1, -0.05) is 0 Å². The molecule has 2 N–H and O–H groups in total. The second-order valence-electron chi connectivity index (χ2n) is 6.25. The van der Waals surface area contributed by atoms with Gasteiger partial charge in [-0.15, -0.1) is 0 Å². The number of hydrogen-bond donors (Lipinski definition) is 2. The van der Waals surface area contributed by atoms with Crippen LogP contribution >= 0.6 is 0 Å². The number of piperidine rings is 1. The van der Waals surface area contributed by atoms with Crippen LogP contribution in [0.25, 0.3) is 0 Å². The largest absolute Gasteiger partial charge is 0.504 e. The van der Waals surface area contributed by atoms with E-state index in [1.54, 1.807) is 0 Å². The van der Waals surface area contributed by atoms with Crippen molar-refractivity contribution < 1.29 is 15.0 Å². The summed E-state index contributed by atoms with van der Waals surface area (Å²) in [6.45, 7) is 2.22. The summed E-state index contributed by atoms with van der Waals surface area (Å²) in [6.07, 6.45) is 3.96. The van der Waals surface area contributed by atoms with Gasteiger partial charge in [0, 0.05) is 11.5 Å². The van der Waals surface area contributed by atoms with Gasteiger partial charge in [0.1, 0.15) is 0 Å². The molecule has 1 fully saturated rings. The Morgan fingerprint density at radius 1 is 1.20 bits per heavy atom. The minimum Gasteiger partial charge on any atom is -0.504 e. The standard InChI is InChI=1S/C16H21NO3/c1-17-4-2-10(3-5-17)6-12-7-11-8-14(18)15(19)9-13(11)16(12)20/h8-10,12,18-19H,2-7H2,1H3. The highest BCUT2D eigenvalue weighted by molar-refractivity contribution is 6.02. The van der Waals surface area contributed by atoms with Crippen LogP contribution in [0.15, 0.2) is 12.1 Å². The van der Waals surface area contributed by atoms with Crippen LogP contribution in [-0.4, -0.2) is 41.0 Å². The summed E-state index contributed by atoms with van der Waals surface area (Å²) in [7, 11) is 2.14. The number of carbonyl (C=O) groups excluding carboxylic acids is 1. The number of Topliss-reactive ketones (excluding diaryl/α,β-unsaturated/α-hetero) is 1. The van der Waals surface area contributed by atoms with Crippen LogP contribution in [0.4, 0.5) is 0 Å². The van der Waals surface area contributed by atoms with E-state index in [1.807, 2.05) is 0 Å². The fourth-order valence-corrected chi connectivity index (χ4v) is 3.49. The predicted molar refractivity (Wildman–Crippen MR) is 76.1 cm³/mol. The highest BCUT2D eigenvalue weighted by atomic mass is 16.3. The number of nitrogens with zero attached hydrogens (tertiary/aromatic N) is 1. The Morgan fingerprint density at radius 2 is 1.85 bits per heavy atom. The van der Waals surface area contributed by atoms with Gasteiger partial charge in [0.25, 0.3) is 0 Å². The van der Waals surface area contributed by atoms with Crippen LogP contribution in [0, 0.1) is 11.8 Å². The quantitative estimate of drug-likeness (QED) is 0.812. The summed E-state index contributed by atoms with van der Waals surface area (Å²) in [4.78, 5) is 14.7. The Hall–Kier alpha value is -1.55. The van der Waals surface area contributed by atoms with Gasteiger partial charge in [-0.25, -0.2) is 0 Å². The zero-order chi connectivity index (χ0) is 14.3. The number of benzene rings is 1. The van der Waals surface area contributed by atoms with Crippen LogP contribution < -0.4 is 0 Å². The first kappa shape index (κ1) is 13.4. The lowest BCUT2D eigenvalue weighted by Crippen LogP contribution is -2.31. The Balaban J connectivity index is 1.70. The average Bonchev–Trinajstić information content (AvgIpc) is 2.70. The van der Waals surface area contributed by atoms with Crippen molar-refractivity contribution in [3.8, 4) is 11.5 Å². The van der Waals surface area contributed by atoms with Crippen LogP contribution in [0.2, 0.25) is 0 Å². The number of rotatable bonds is 2. The summed E-state index contributed by atoms with van der Waals surface area (Å²) < 4.78 is 0. The van der Waals surface area contributed by atoms with Gasteiger partial charge in [-0.2, -0.15) is 0 Å². The van der Waals surface area contributed by atoms with Crippen molar-refractivity contribution in [1.29, 1.82) is 0 Å². The third kappa shape index (κ3) is 2.40. The molecule has 2 aliphatic rings. The second kappa shape index (κ2) is 5.09. The Morgan fingerprint density at radius 3 is 2.55 bits per heavy atom. The lowest BCUT2D eigenvalue weighted by atomic mass is 9.85. The molecule has 1 aromatic rings. The number of carbonyl (C=O) groups is 1. The zero-order valence-electron chi connectivity index (χ0n) is 11.8. The predicted octanol–water partition coefficient (Wildman–Crippen LogP) is 2.18. The van der Waals surface area contributed by atoms with Crippen molar-refractivity contribution in [2.24, 2.45) is 11.8 Å². The van der Waals surface area contributed by atoms with Gasteiger partial charge in [-0.3, -0.25) is 4.79 Å². The first-order chi connectivity index (χ1) is 9.54. The van der Waals surface area contributed by atoms with Crippen molar-refractivity contribution in [3.05, 3.63) is 23.3 Å². The van der Waals surface area contributed by atoms with Crippen molar-refractivity contribution in [3.63, 3.8) is 0 Å². The molecule has 0 aromatic heterocycles. The number of likely N-dealkylation sites (tertiary alicyclic amines) is 1. The van der Waals surface area contributed by atoms with E-state index in [1.165, 1.54) is 12.1 Å². The van der Waals surface area contributed by atoms with Gasteiger partial charge >= 0.3 is 0 Å². The SMILES string of the molecule is CN1CCC(CC2Cc3cc(O)c(O)cc3C2=O)CC1. The third-order valence-electron chi connectivity index (χ3n) is 4.76. The molecule has 108 valence electrons. The van der Waals surface area contributed by atoms with Crippen LogP contribution in [0.5, 0.6) is 11.5 Å². The van der Waals surface area contributed by atoms with Crippen molar-refractivity contribution >= 4 is 5.78 Å². The van der Waals surface area contributed by atoms with Crippen LogP contribution in [-0.2, 0) is 6.42 Å². The molecular formula is C16H21NO3. The van der Waals surface area contributed by atoms with Gasteiger partial charge in [0.05, 0.1) is 0 Å². The first-order valence-corrected chi connectivity index (χ1v) is 7.32. The van der Waals surface area contributed by atoms with Gasteiger partial charge in [0.2, 0.25) is 0 Å². The Bertz CT molecular complexity index is 533. The minimum absolute atomic E-state index is 0.0274. The summed E-state index contributed by atoms with van der Waals surface area (Å²) in [5.74, 6) is 0.457. The van der Waals surface area contributed by atoms with E-state index >= 15 is 0 Å². The molecule has 0 radical (unpaired) electrons. The van der Waals surface area contributed by atoms with Crippen molar-refractivity contribution in [2.45, 2.75) is 25.7 Å². The smallest absolute Gasteiger partial charge is 0.166 e. The number of phenols is 2. The number of fused-ring (bicyclic) bond motifs is 1. The lowest BCUT2D eigenvalue weighted by Gasteiger charge is -2.30. The molecule has 0 spiro atoms. The number of ketones is 1. The minimum atomic E-state index is -0.197. The van der Waals surface area contributed by atoms with Crippen LogP contribution in [0.1, 0.15) is 35.2 Å². The molecule has 1 aliphatic carbocycles. The zero-order valence-corrected chi connectivity index (χ0v) is 11.8. The average molecular weight is 275 g/mol. The van der Waals surface area contributed by atoms with E-state index in [4.69, 9.17) is 0 Å². The van der Waals surface area contributed by atoms with Crippen molar-refractivity contribution in [2.75, 3.05) is 20.1 Å². The maximum atomic E-state index is 12.4. The number of hydrogen-bond acceptors (Lipinski definition) is 4. The van der Waals surface area contributed by atoms with Gasteiger partial charge in [0.15, 0.2) is 17.3 Å². The molecule has 1 aliphatic heterocycles. The third-order valence-corrected chi connectivity index (χ3v) is 4.76. The molecule has 4 nitrogen and oxygen atoms in total. The van der Waals surface area contributed by atoms with E-state index in [2.05, 4.69) is 11.9 Å². The summed E-state index contributed by atoms with van der Waals surface area (Å²) in [5.41, 5.74) is 1.47. The van der Waals surface area contributed by atoms with E-state index in [9.17, 15) is 15.0 Å². The van der Waals surface area contributed by atoms with E-state index in [0.717, 1.165) is 37.9 Å². The molecule has 1 heterocycles. The van der Waals surface area contributed by atoms with Crippen molar-refractivity contribution in [1.82, 2.24) is 4.90 Å². The molecule has 0 amide bonds. The number of aromatic hydroxyl groups is 2. The molecule has 20 heavy (non-hydrogen) atoms. The Labute approximate surface area is 119 Å². The Kier molecular flexibility index (Phi) is 3.42. The maximum absolute atomic E-state index is 12.4. The lowest BCUT2D eigenvalue weighted by molar-refractivity contribution is 0.0903. The molecule has 1 atom stereocenters. The van der Waals surface area contributed by atoms with E-state index in [0.29, 0.717) is 17.9 Å². The highest BCUT2D eigenvalue weighted by Crippen LogP contribution is 2.38. The molecule has 1 unspecified atom stereocenters. The van der Waals surface area contributed by atoms with E-state index < -0.39 is 0 Å². The number of phenolic OH excluding ortho intramolecular Hbond substituents is 2. The molecule has 1 aromatic carbocycles. The monoisotopic (exact) mass is 275 g/mol. The maximum Gasteiger partial charge on any atom is 0.166 e. The molecule has 0 saturated carbocycles. The molecule has 1 saturated heterocycles. The normalized spacial score (nSPS) is 24.1. The molecular weight excluding hydrogens is 254 g/mol. The van der Waals surface area contributed by atoms with Gasteiger partial charge in [-0.05, 0) is 69.4 Å². The topological polar surface area (TPSA) is 60.8 Å². The first-order valence-electron chi connectivity index (χ1n) is 7.32. The fourth-order valence-electron chi connectivity index (χ4n) is 3.49. The summed E-state index contributed by atoms with van der Waals surface area (Å²) in [5, 5.41) is 19.1. The van der Waals surface area contributed by atoms with E-state index in [-0.39, 0.29) is 23.2 Å². The highest BCUT2D eigenvalue weighted by Gasteiger charge is 2.33. The second-order valence-corrected chi connectivity index (χ2v) is 6.25. The summed E-state index contributed by atoms with van der Waals surface area (Å²) >= 11 is 0. The summed E-state index contributed by atoms with van der Waals surface area (Å²) in [6, 6.07) is 2.96.